The fourth-order valence-electron chi connectivity index (χ4n) is 4.62. The molecule has 3 rings (SSSR count). The number of phenols is 1. The lowest BCUT2D eigenvalue weighted by atomic mass is 9.94. The molecule has 0 saturated heterocycles. The summed E-state index contributed by atoms with van der Waals surface area (Å²) in [5.41, 5.74) is 3.40. The Morgan fingerprint density at radius 1 is 1.19 bits per heavy atom. The van der Waals surface area contributed by atoms with Crippen LogP contribution in [0.3, 0.4) is 0 Å². The van der Waals surface area contributed by atoms with Crippen molar-refractivity contribution in [1.29, 1.82) is 0 Å². The first-order valence-corrected chi connectivity index (χ1v) is 11.5. The van der Waals surface area contributed by atoms with Crippen LogP contribution in [0, 0.1) is 6.92 Å². The van der Waals surface area contributed by atoms with E-state index in [1.165, 1.54) is 32.1 Å². The number of allylic oxidation sites excluding steroid dienone is 2. The summed E-state index contributed by atoms with van der Waals surface area (Å²) in [6.07, 6.45) is 11.9. The van der Waals surface area contributed by atoms with Crippen molar-refractivity contribution in [1.82, 2.24) is 5.32 Å². The Labute approximate surface area is 185 Å². The van der Waals surface area contributed by atoms with Gasteiger partial charge in [-0.3, -0.25) is 4.79 Å². The molecule has 1 aromatic rings. The number of aromatic hydroxyl groups is 1. The Balaban J connectivity index is 1.60. The molecule has 0 bridgehead atoms. The molecule has 1 amide bonds. The lowest BCUT2D eigenvalue weighted by Crippen LogP contribution is -2.35. The fraction of sp³-hybridized carbons (Fsp3) is 0.600. The van der Waals surface area contributed by atoms with Crippen LogP contribution in [-0.2, 0) is 22.6 Å². The third kappa shape index (κ3) is 5.60. The third-order valence-electron chi connectivity index (χ3n) is 6.52. The van der Waals surface area contributed by atoms with E-state index in [1.54, 1.807) is 7.11 Å². The number of phenolic OH excluding ortho intramolecular Hbond substituents is 1. The molecule has 2 N–H and O–H groups in total. The van der Waals surface area contributed by atoms with Crippen LogP contribution < -0.4 is 10.1 Å². The van der Waals surface area contributed by atoms with Crippen LogP contribution in [0.2, 0.25) is 0 Å². The van der Waals surface area contributed by atoms with Crippen LogP contribution in [-0.4, -0.2) is 30.1 Å². The van der Waals surface area contributed by atoms with Crippen LogP contribution in [0.1, 0.15) is 91.8 Å². The van der Waals surface area contributed by atoms with Crippen molar-refractivity contribution in [2.75, 3.05) is 7.11 Å². The molecule has 0 unspecified atom stereocenters. The summed E-state index contributed by atoms with van der Waals surface area (Å²) in [6.45, 7) is 4.02. The monoisotopic (exact) mass is 429 g/mol. The minimum atomic E-state index is -0.494. The highest BCUT2D eigenvalue weighted by Gasteiger charge is 2.31. The number of hydrogen-bond acceptors (Lipinski definition) is 5. The maximum atomic E-state index is 12.4. The van der Waals surface area contributed by atoms with Crippen molar-refractivity contribution in [2.24, 2.45) is 0 Å². The van der Waals surface area contributed by atoms with E-state index in [9.17, 15) is 14.7 Å². The highest BCUT2D eigenvalue weighted by atomic mass is 16.5. The standard InChI is InChI=1S/C25H35NO5/c1-16(12-14-21(27)26-18-9-7-5-4-6-8-10-18)11-13-19-23(28)22-20(15-31-25(22)29)17(2)24(19)30-3/h11,18,28H,4-10,12-15H2,1-3H3,(H,26,27)/b16-11+. The molecule has 0 radical (unpaired) electrons. The summed E-state index contributed by atoms with van der Waals surface area (Å²) in [5, 5.41) is 13.9. The number of rotatable bonds is 7. The second kappa shape index (κ2) is 10.7. The van der Waals surface area contributed by atoms with Crippen molar-refractivity contribution in [3.8, 4) is 11.5 Å². The molecule has 6 heteroatoms. The summed E-state index contributed by atoms with van der Waals surface area (Å²) in [4.78, 5) is 24.4. The van der Waals surface area contributed by atoms with Crippen LogP contribution in [0.5, 0.6) is 11.5 Å². The van der Waals surface area contributed by atoms with Gasteiger partial charge in [0.25, 0.3) is 0 Å². The minimum Gasteiger partial charge on any atom is -0.507 e. The molecule has 6 nitrogen and oxygen atoms in total. The summed E-state index contributed by atoms with van der Waals surface area (Å²) >= 11 is 0. The van der Waals surface area contributed by atoms with E-state index in [2.05, 4.69) is 5.32 Å². The third-order valence-corrected chi connectivity index (χ3v) is 6.52. The van der Waals surface area contributed by atoms with Crippen LogP contribution >= 0.6 is 0 Å². The smallest absolute Gasteiger partial charge is 0.342 e. The van der Waals surface area contributed by atoms with Gasteiger partial charge in [-0.15, -0.1) is 0 Å². The second-order valence-electron chi connectivity index (χ2n) is 8.78. The Hall–Kier alpha value is -2.50. The summed E-state index contributed by atoms with van der Waals surface area (Å²) in [5.74, 6) is 0.132. The maximum Gasteiger partial charge on any atom is 0.342 e. The molecule has 1 heterocycles. The molecule has 1 fully saturated rings. The molecule has 0 spiro atoms. The van der Waals surface area contributed by atoms with Gasteiger partial charge in [-0.1, -0.05) is 43.8 Å². The van der Waals surface area contributed by atoms with Gasteiger partial charge < -0.3 is 19.9 Å². The largest absolute Gasteiger partial charge is 0.507 e. The maximum absolute atomic E-state index is 12.4. The number of hydrogen-bond donors (Lipinski definition) is 2. The van der Waals surface area contributed by atoms with Crippen molar-refractivity contribution in [3.05, 3.63) is 33.9 Å². The molecule has 0 atom stereocenters. The molecule has 170 valence electrons. The second-order valence-corrected chi connectivity index (χ2v) is 8.78. The normalized spacial score (nSPS) is 17.5. The zero-order valence-corrected chi connectivity index (χ0v) is 19.0. The molecule has 31 heavy (non-hydrogen) atoms. The van der Waals surface area contributed by atoms with Gasteiger partial charge in [-0.2, -0.15) is 0 Å². The highest BCUT2D eigenvalue weighted by molar-refractivity contribution is 5.98. The number of nitrogens with one attached hydrogen (secondary N) is 1. The SMILES string of the molecule is COc1c(C)c2c(c(O)c1C/C=C(\C)CCC(=O)NC1CCCCCCC1)C(=O)OC2. The number of cyclic esters (lactones) is 1. The van der Waals surface area contributed by atoms with E-state index in [0.29, 0.717) is 42.2 Å². The van der Waals surface area contributed by atoms with Crippen molar-refractivity contribution in [2.45, 2.75) is 90.7 Å². The molecule has 2 aliphatic rings. The van der Waals surface area contributed by atoms with Crippen molar-refractivity contribution >= 4 is 11.9 Å². The molecular weight excluding hydrogens is 394 g/mol. The summed E-state index contributed by atoms with van der Waals surface area (Å²) in [7, 11) is 1.56. The summed E-state index contributed by atoms with van der Waals surface area (Å²) < 4.78 is 10.6. The lowest BCUT2D eigenvalue weighted by Gasteiger charge is -2.21. The fourth-order valence-corrected chi connectivity index (χ4v) is 4.62. The van der Waals surface area contributed by atoms with Gasteiger partial charge in [0.05, 0.1) is 7.11 Å². The number of carbonyl (C=O) groups is 2. The Morgan fingerprint density at radius 2 is 1.87 bits per heavy atom. The Bertz CT molecular complexity index is 850. The molecule has 1 aliphatic carbocycles. The molecule has 1 aromatic carbocycles. The van der Waals surface area contributed by atoms with E-state index < -0.39 is 5.97 Å². The number of fused-ring (bicyclic) bond motifs is 1. The molecule has 0 aromatic heterocycles. The van der Waals surface area contributed by atoms with E-state index in [4.69, 9.17) is 9.47 Å². The predicted molar refractivity (Wildman–Crippen MR) is 119 cm³/mol. The molecule has 1 aliphatic heterocycles. The number of benzene rings is 1. The van der Waals surface area contributed by atoms with E-state index in [1.807, 2.05) is 19.9 Å². The van der Waals surface area contributed by atoms with E-state index in [0.717, 1.165) is 24.0 Å². The first kappa shape index (κ1) is 23.2. The van der Waals surface area contributed by atoms with Crippen molar-refractivity contribution in [3.63, 3.8) is 0 Å². The van der Waals surface area contributed by atoms with Crippen LogP contribution in [0.25, 0.3) is 0 Å². The number of esters is 1. The number of carbonyl (C=O) groups excluding carboxylic acids is 2. The quantitative estimate of drug-likeness (QED) is 0.477. The van der Waals surface area contributed by atoms with Gasteiger partial charge in [0.2, 0.25) is 5.91 Å². The first-order chi connectivity index (χ1) is 14.9. The van der Waals surface area contributed by atoms with Gasteiger partial charge in [-0.05, 0) is 45.1 Å². The zero-order valence-electron chi connectivity index (χ0n) is 19.0. The van der Waals surface area contributed by atoms with Gasteiger partial charge in [0.1, 0.15) is 23.7 Å². The van der Waals surface area contributed by atoms with E-state index in [-0.39, 0.29) is 23.8 Å². The number of amides is 1. The van der Waals surface area contributed by atoms with Crippen LogP contribution in [0.4, 0.5) is 0 Å². The minimum absolute atomic E-state index is 0.0639. The van der Waals surface area contributed by atoms with Gasteiger partial charge in [0, 0.05) is 23.6 Å². The summed E-state index contributed by atoms with van der Waals surface area (Å²) in [6, 6.07) is 0.312. The molecular formula is C25H35NO5. The number of methoxy groups -OCH3 is 1. The van der Waals surface area contributed by atoms with Gasteiger partial charge in [0.15, 0.2) is 0 Å². The highest BCUT2D eigenvalue weighted by Crippen LogP contribution is 2.42. The molecule has 1 saturated carbocycles. The van der Waals surface area contributed by atoms with Crippen LogP contribution in [0.15, 0.2) is 11.6 Å². The van der Waals surface area contributed by atoms with Gasteiger partial charge in [-0.25, -0.2) is 4.79 Å². The predicted octanol–water partition coefficient (Wildman–Crippen LogP) is 4.88. The zero-order chi connectivity index (χ0) is 22.4. The average Bonchev–Trinajstić information content (AvgIpc) is 3.12. The topological polar surface area (TPSA) is 84.9 Å². The lowest BCUT2D eigenvalue weighted by molar-refractivity contribution is -0.121. The van der Waals surface area contributed by atoms with Crippen molar-refractivity contribution < 1.29 is 24.2 Å². The average molecular weight is 430 g/mol. The Morgan fingerprint density at radius 3 is 2.55 bits per heavy atom. The first-order valence-electron chi connectivity index (χ1n) is 11.5. The Kier molecular flexibility index (Phi) is 7.99. The van der Waals surface area contributed by atoms with E-state index >= 15 is 0 Å². The van der Waals surface area contributed by atoms with Gasteiger partial charge >= 0.3 is 5.97 Å². The number of ether oxygens (including phenoxy) is 2.